The Labute approximate surface area is 173 Å². The molecule has 1 fully saturated rings. The lowest BCUT2D eigenvalue weighted by atomic mass is 10.1. The Morgan fingerprint density at radius 3 is 2.38 bits per heavy atom. The van der Waals surface area contributed by atoms with Gasteiger partial charge in [0, 0.05) is 43.1 Å². The number of carbonyl (C=O) groups excluding carboxylic acids is 2. The number of nitrogens with one attached hydrogen (secondary N) is 1. The van der Waals surface area contributed by atoms with Crippen LogP contribution < -0.4 is 15.1 Å². The fourth-order valence-corrected chi connectivity index (χ4v) is 3.83. The van der Waals surface area contributed by atoms with E-state index in [1.807, 2.05) is 44.2 Å². The third-order valence-electron chi connectivity index (χ3n) is 5.89. The summed E-state index contributed by atoms with van der Waals surface area (Å²) in [6.07, 6.45) is 0.245. The molecule has 1 aliphatic rings. The van der Waals surface area contributed by atoms with Gasteiger partial charge in [-0.1, -0.05) is 6.07 Å². The molecular weight excluding hydrogens is 362 g/mol. The van der Waals surface area contributed by atoms with Crippen molar-refractivity contribution in [3.63, 3.8) is 0 Å². The van der Waals surface area contributed by atoms with Gasteiger partial charge in [-0.3, -0.25) is 9.59 Å². The van der Waals surface area contributed by atoms with E-state index in [9.17, 15) is 9.59 Å². The number of nitrogens with zero attached hydrogens (tertiary/aromatic N) is 2. The van der Waals surface area contributed by atoms with E-state index in [0.29, 0.717) is 6.54 Å². The summed E-state index contributed by atoms with van der Waals surface area (Å²) >= 11 is 0. The number of hydrogen-bond acceptors (Lipinski definition) is 3. The zero-order chi connectivity index (χ0) is 21.1. The monoisotopic (exact) mass is 393 g/mol. The van der Waals surface area contributed by atoms with Gasteiger partial charge in [-0.15, -0.1) is 0 Å². The van der Waals surface area contributed by atoms with E-state index in [1.54, 1.807) is 4.90 Å². The van der Waals surface area contributed by atoms with Crippen LogP contribution in [0.4, 0.5) is 17.1 Å². The zero-order valence-electron chi connectivity index (χ0n) is 18.1. The molecule has 0 radical (unpaired) electrons. The molecule has 154 valence electrons. The molecule has 1 aliphatic heterocycles. The van der Waals surface area contributed by atoms with Gasteiger partial charge in [-0.05, 0) is 81.6 Å². The van der Waals surface area contributed by atoms with E-state index in [-0.39, 0.29) is 24.2 Å². The fraction of sp³-hybridized carbons (Fsp3) is 0.417. The summed E-state index contributed by atoms with van der Waals surface area (Å²) in [6, 6.07) is 12.1. The lowest BCUT2D eigenvalue weighted by molar-refractivity contribution is -0.122. The molecule has 2 amide bonds. The third kappa shape index (κ3) is 4.44. The minimum Gasteiger partial charge on any atom is -0.372 e. The molecule has 1 atom stereocenters. The maximum absolute atomic E-state index is 12.8. The topological polar surface area (TPSA) is 52.7 Å². The van der Waals surface area contributed by atoms with Crippen molar-refractivity contribution in [2.75, 3.05) is 34.8 Å². The molecule has 0 bridgehead atoms. The number of anilines is 3. The first-order valence-electron chi connectivity index (χ1n) is 10.4. The molecule has 1 N–H and O–H groups in total. The quantitative estimate of drug-likeness (QED) is 0.789. The summed E-state index contributed by atoms with van der Waals surface area (Å²) in [5.41, 5.74) is 6.20. The van der Waals surface area contributed by atoms with Crippen LogP contribution in [0.2, 0.25) is 0 Å². The molecule has 1 saturated heterocycles. The Bertz CT molecular complexity index is 918. The normalized spacial score (nSPS) is 16.2. The maximum Gasteiger partial charge on any atom is 0.229 e. The van der Waals surface area contributed by atoms with Crippen LogP contribution in [0.15, 0.2) is 36.4 Å². The van der Waals surface area contributed by atoms with E-state index >= 15 is 0 Å². The number of amides is 2. The second-order valence-corrected chi connectivity index (χ2v) is 7.83. The summed E-state index contributed by atoms with van der Waals surface area (Å²) in [5, 5.41) is 3.03. The number of benzene rings is 2. The molecule has 5 nitrogen and oxygen atoms in total. The van der Waals surface area contributed by atoms with Crippen LogP contribution in [0, 0.1) is 26.7 Å². The van der Waals surface area contributed by atoms with E-state index in [4.69, 9.17) is 0 Å². The molecule has 0 aliphatic carbocycles. The minimum absolute atomic E-state index is 0.00186. The molecule has 0 aromatic heterocycles. The fourth-order valence-electron chi connectivity index (χ4n) is 3.83. The number of hydrogen-bond donors (Lipinski definition) is 1. The summed E-state index contributed by atoms with van der Waals surface area (Å²) in [7, 11) is 0. The van der Waals surface area contributed by atoms with Gasteiger partial charge in [0.1, 0.15) is 0 Å². The maximum atomic E-state index is 12.8. The molecule has 0 spiro atoms. The van der Waals surface area contributed by atoms with Gasteiger partial charge in [0.25, 0.3) is 0 Å². The highest BCUT2D eigenvalue weighted by Crippen LogP contribution is 2.29. The number of rotatable bonds is 6. The Balaban J connectivity index is 1.70. The van der Waals surface area contributed by atoms with Crippen molar-refractivity contribution in [3.05, 3.63) is 53.1 Å². The second kappa shape index (κ2) is 8.68. The highest BCUT2D eigenvalue weighted by Gasteiger charge is 2.35. The molecule has 1 unspecified atom stereocenters. The molecule has 1 heterocycles. The Hall–Kier alpha value is -2.82. The Morgan fingerprint density at radius 1 is 1.03 bits per heavy atom. The van der Waals surface area contributed by atoms with E-state index < -0.39 is 0 Å². The standard InChI is InChI=1S/C24H31N3O2/c1-6-26(7-2)20-10-11-22(18(5)13-20)25-24(29)19-14-23(28)27(15-19)21-9-8-16(3)17(4)12-21/h8-13,19H,6-7,14-15H2,1-5H3,(H,25,29). The molecule has 5 heteroatoms. The SMILES string of the molecule is CCN(CC)c1ccc(NC(=O)C2CC(=O)N(c3ccc(C)c(C)c3)C2)c(C)c1. The van der Waals surface area contributed by atoms with Gasteiger partial charge in [0.2, 0.25) is 11.8 Å². The van der Waals surface area contributed by atoms with Crippen molar-refractivity contribution in [2.24, 2.45) is 5.92 Å². The molecule has 2 aromatic rings. The Morgan fingerprint density at radius 2 is 1.76 bits per heavy atom. The summed E-state index contributed by atoms with van der Waals surface area (Å²) < 4.78 is 0. The van der Waals surface area contributed by atoms with E-state index in [2.05, 4.69) is 37.1 Å². The smallest absolute Gasteiger partial charge is 0.229 e. The highest BCUT2D eigenvalue weighted by atomic mass is 16.2. The van der Waals surface area contributed by atoms with Crippen LogP contribution in [0.3, 0.4) is 0 Å². The zero-order valence-corrected chi connectivity index (χ0v) is 18.1. The minimum atomic E-state index is -0.342. The van der Waals surface area contributed by atoms with Crippen LogP contribution in [-0.4, -0.2) is 31.4 Å². The van der Waals surface area contributed by atoms with E-state index in [1.165, 1.54) is 5.56 Å². The van der Waals surface area contributed by atoms with Gasteiger partial charge >= 0.3 is 0 Å². The van der Waals surface area contributed by atoms with Gasteiger partial charge in [0.15, 0.2) is 0 Å². The Kier molecular flexibility index (Phi) is 6.26. The van der Waals surface area contributed by atoms with Crippen molar-refractivity contribution in [1.29, 1.82) is 0 Å². The lowest BCUT2D eigenvalue weighted by Crippen LogP contribution is -2.28. The second-order valence-electron chi connectivity index (χ2n) is 7.83. The summed E-state index contributed by atoms with van der Waals surface area (Å²) in [5.74, 6) is -0.434. The highest BCUT2D eigenvalue weighted by molar-refractivity contribution is 6.03. The van der Waals surface area contributed by atoms with Crippen molar-refractivity contribution in [2.45, 2.75) is 41.0 Å². The van der Waals surface area contributed by atoms with Crippen LogP contribution >= 0.6 is 0 Å². The van der Waals surface area contributed by atoms with Gasteiger partial charge in [-0.25, -0.2) is 0 Å². The third-order valence-corrected chi connectivity index (χ3v) is 5.89. The first-order valence-corrected chi connectivity index (χ1v) is 10.4. The van der Waals surface area contributed by atoms with Crippen LogP contribution in [0.25, 0.3) is 0 Å². The van der Waals surface area contributed by atoms with Crippen LogP contribution in [0.1, 0.15) is 37.0 Å². The molecule has 0 saturated carbocycles. The molecule has 3 rings (SSSR count). The van der Waals surface area contributed by atoms with Crippen molar-refractivity contribution >= 4 is 28.9 Å². The number of aryl methyl sites for hydroxylation is 3. The largest absolute Gasteiger partial charge is 0.372 e. The van der Waals surface area contributed by atoms with Gasteiger partial charge < -0.3 is 15.1 Å². The van der Waals surface area contributed by atoms with Crippen molar-refractivity contribution in [3.8, 4) is 0 Å². The average molecular weight is 394 g/mol. The van der Waals surface area contributed by atoms with Crippen molar-refractivity contribution in [1.82, 2.24) is 0 Å². The van der Waals surface area contributed by atoms with Gasteiger partial charge in [-0.2, -0.15) is 0 Å². The summed E-state index contributed by atoms with van der Waals surface area (Å²) in [6.45, 7) is 12.7. The van der Waals surface area contributed by atoms with Crippen molar-refractivity contribution < 1.29 is 9.59 Å². The summed E-state index contributed by atoms with van der Waals surface area (Å²) in [4.78, 5) is 29.4. The lowest BCUT2D eigenvalue weighted by Gasteiger charge is -2.22. The molecule has 2 aromatic carbocycles. The first kappa shape index (κ1) is 20.9. The molecule has 29 heavy (non-hydrogen) atoms. The van der Waals surface area contributed by atoms with Crippen LogP contribution in [-0.2, 0) is 9.59 Å². The van der Waals surface area contributed by atoms with Gasteiger partial charge in [0.05, 0.1) is 5.92 Å². The van der Waals surface area contributed by atoms with E-state index in [0.717, 1.165) is 41.3 Å². The average Bonchev–Trinajstić information content (AvgIpc) is 3.09. The van der Waals surface area contributed by atoms with Crippen LogP contribution in [0.5, 0.6) is 0 Å². The predicted octanol–water partition coefficient (Wildman–Crippen LogP) is 4.45. The number of carbonyl (C=O) groups is 2. The molecular formula is C24H31N3O2. The first-order chi connectivity index (χ1) is 13.8. The predicted molar refractivity (Wildman–Crippen MR) is 120 cm³/mol.